The SMILES string of the molecule is CC(C)(O)C#Cc1ccc(C(=O)NC2COc3ccccc32)o1. The van der Waals surface area contributed by atoms with Crippen LogP contribution in [0.4, 0.5) is 0 Å². The Labute approximate surface area is 134 Å². The Kier molecular flexibility index (Phi) is 3.85. The van der Waals surface area contributed by atoms with Gasteiger partial charge in [0.2, 0.25) is 0 Å². The predicted molar refractivity (Wildman–Crippen MR) is 84.0 cm³/mol. The summed E-state index contributed by atoms with van der Waals surface area (Å²) in [6.45, 7) is 3.55. The van der Waals surface area contributed by atoms with Gasteiger partial charge < -0.3 is 19.6 Å². The zero-order chi connectivity index (χ0) is 16.4. The van der Waals surface area contributed by atoms with Crippen molar-refractivity contribution in [2.45, 2.75) is 25.5 Å². The maximum atomic E-state index is 12.3. The first-order valence-electron chi connectivity index (χ1n) is 7.30. The number of nitrogens with one attached hydrogen (secondary N) is 1. The molecule has 3 rings (SSSR count). The number of hydrogen-bond acceptors (Lipinski definition) is 4. The van der Waals surface area contributed by atoms with Crippen LogP contribution in [0.3, 0.4) is 0 Å². The topological polar surface area (TPSA) is 71.7 Å². The van der Waals surface area contributed by atoms with E-state index in [2.05, 4.69) is 17.2 Å². The molecule has 1 atom stereocenters. The fourth-order valence-corrected chi connectivity index (χ4v) is 2.25. The Morgan fingerprint density at radius 1 is 1.30 bits per heavy atom. The third-order valence-corrected chi connectivity index (χ3v) is 3.33. The Balaban J connectivity index is 1.70. The van der Waals surface area contributed by atoms with Gasteiger partial charge in [-0.05, 0) is 38.0 Å². The lowest BCUT2D eigenvalue weighted by atomic mass is 10.1. The molecule has 1 unspecified atom stereocenters. The highest BCUT2D eigenvalue weighted by atomic mass is 16.5. The van der Waals surface area contributed by atoms with Crippen molar-refractivity contribution >= 4 is 5.91 Å². The number of carbonyl (C=O) groups excluding carboxylic acids is 1. The molecule has 0 aliphatic carbocycles. The first-order valence-corrected chi connectivity index (χ1v) is 7.30. The maximum Gasteiger partial charge on any atom is 0.287 e. The summed E-state index contributed by atoms with van der Waals surface area (Å²) in [5.74, 6) is 6.30. The van der Waals surface area contributed by atoms with Gasteiger partial charge in [0, 0.05) is 5.56 Å². The molecule has 0 saturated carbocycles. The van der Waals surface area contributed by atoms with Gasteiger partial charge in [0.1, 0.15) is 18.0 Å². The standard InChI is InChI=1S/C18H17NO4/c1-18(2,21)10-9-12-7-8-16(23-12)17(20)19-14-11-22-15-6-4-3-5-13(14)15/h3-8,14,21H,11H2,1-2H3,(H,19,20). The molecule has 118 valence electrons. The summed E-state index contributed by atoms with van der Waals surface area (Å²) in [5, 5.41) is 12.5. The van der Waals surface area contributed by atoms with Gasteiger partial charge >= 0.3 is 0 Å². The Hall–Kier alpha value is -2.71. The molecule has 5 heteroatoms. The van der Waals surface area contributed by atoms with Crippen LogP contribution in [0, 0.1) is 11.8 Å². The highest BCUT2D eigenvalue weighted by Crippen LogP contribution is 2.31. The number of rotatable bonds is 2. The summed E-state index contributed by atoms with van der Waals surface area (Å²) < 4.78 is 10.9. The molecule has 23 heavy (non-hydrogen) atoms. The molecule has 0 saturated heterocycles. The normalized spacial score (nSPS) is 16.0. The molecule has 0 bridgehead atoms. The zero-order valence-corrected chi connectivity index (χ0v) is 12.9. The molecular formula is C18H17NO4. The summed E-state index contributed by atoms with van der Waals surface area (Å²) in [6.07, 6.45) is 0. The first kappa shape index (κ1) is 15.2. The lowest BCUT2D eigenvalue weighted by Crippen LogP contribution is -2.29. The van der Waals surface area contributed by atoms with Crippen LogP contribution in [0.1, 0.15) is 41.8 Å². The molecule has 2 N–H and O–H groups in total. The van der Waals surface area contributed by atoms with Crippen LogP contribution in [-0.2, 0) is 0 Å². The van der Waals surface area contributed by atoms with Crippen LogP contribution >= 0.6 is 0 Å². The van der Waals surface area contributed by atoms with Crippen molar-refractivity contribution in [2.75, 3.05) is 6.61 Å². The summed E-state index contributed by atoms with van der Waals surface area (Å²) >= 11 is 0. The average molecular weight is 311 g/mol. The van der Waals surface area contributed by atoms with Gasteiger partial charge in [0.15, 0.2) is 11.5 Å². The van der Waals surface area contributed by atoms with Crippen LogP contribution in [0.5, 0.6) is 5.75 Å². The van der Waals surface area contributed by atoms with Crippen molar-refractivity contribution in [2.24, 2.45) is 0 Å². The number of ether oxygens (including phenoxy) is 1. The largest absolute Gasteiger partial charge is 0.491 e. The maximum absolute atomic E-state index is 12.3. The van der Waals surface area contributed by atoms with E-state index in [0.717, 1.165) is 11.3 Å². The van der Waals surface area contributed by atoms with Crippen LogP contribution in [0.25, 0.3) is 0 Å². The molecule has 5 nitrogen and oxygen atoms in total. The number of hydrogen-bond donors (Lipinski definition) is 2. The van der Waals surface area contributed by atoms with Gasteiger partial charge in [-0.2, -0.15) is 0 Å². The molecule has 2 heterocycles. The van der Waals surface area contributed by atoms with Crippen LogP contribution in [0.2, 0.25) is 0 Å². The highest BCUT2D eigenvalue weighted by molar-refractivity contribution is 5.92. The van der Waals surface area contributed by atoms with E-state index in [0.29, 0.717) is 12.4 Å². The van der Waals surface area contributed by atoms with Crippen LogP contribution < -0.4 is 10.1 Å². The number of carbonyl (C=O) groups is 1. The summed E-state index contributed by atoms with van der Waals surface area (Å²) in [5.41, 5.74) is -0.158. The lowest BCUT2D eigenvalue weighted by Gasteiger charge is -2.10. The molecule has 2 aromatic rings. The molecule has 1 aromatic carbocycles. The molecule has 0 fully saturated rings. The number of benzene rings is 1. The molecule has 1 aliphatic heterocycles. The predicted octanol–water partition coefficient (Wildman–Crippen LogP) is 2.27. The fourth-order valence-electron chi connectivity index (χ4n) is 2.25. The highest BCUT2D eigenvalue weighted by Gasteiger charge is 2.26. The van der Waals surface area contributed by atoms with E-state index in [-0.39, 0.29) is 17.7 Å². The first-order chi connectivity index (χ1) is 10.9. The van der Waals surface area contributed by atoms with Crippen LogP contribution in [0.15, 0.2) is 40.8 Å². The molecule has 1 amide bonds. The van der Waals surface area contributed by atoms with Crippen molar-refractivity contribution in [1.82, 2.24) is 5.32 Å². The number of amides is 1. The number of para-hydroxylation sites is 1. The molecule has 0 radical (unpaired) electrons. The molecule has 0 spiro atoms. The molecular weight excluding hydrogens is 294 g/mol. The van der Waals surface area contributed by atoms with E-state index in [1.807, 2.05) is 24.3 Å². The van der Waals surface area contributed by atoms with E-state index in [9.17, 15) is 9.90 Å². The quantitative estimate of drug-likeness (QED) is 0.835. The van der Waals surface area contributed by atoms with Crippen molar-refractivity contribution < 1.29 is 19.1 Å². The monoisotopic (exact) mass is 311 g/mol. The van der Waals surface area contributed by atoms with Gasteiger partial charge in [0.05, 0.1) is 6.04 Å². The van der Waals surface area contributed by atoms with Gasteiger partial charge in [-0.3, -0.25) is 4.79 Å². The fraction of sp³-hybridized carbons (Fsp3) is 0.278. The second-order valence-corrected chi connectivity index (χ2v) is 5.85. The second kappa shape index (κ2) is 5.82. The van der Waals surface area contributed by atoms with Crippen molar-refractivity contribution in [1.29, 1.82) is 0 Å². The Morgan fingerprint density at radius 2 is 2.09 bits per heavy atom. The Morgan fingerprint density at radius 3 is 2.87 bits per heavy atom. The van der Waals surface area contributed by atoms with Gasteiger partial charge in [-0.15, -0.1) is 0 Å². The number of furan rings is 1. The van der Waals surface area contributed by atoms with Crippen LogP contribution in [-0.4, -0.2) is 23.2 Å². The minimum Gasteiger partial charge on any atom is -0.491 e. The molecule has 1 aromatic heterocycles. The minimum absolute atomic E-state index is 0.175. The second-order valence-electron chi connectivity index (χ2n) is 5.85. The van der Waals surface area contributed by atoms with E-state index >= 15 is 0 Å². The average Bonchev–Trinajstić information content (AvgIpc) is 3.12. The minimum atomic E-state index is -1.11. The van der Waals surface area contributed by atoms with Crippen molar-refractivity contribution in [3.05, 3.63) is 53.5 Å². The van der Waals surface area contributed by atoms with Gasteiger partial charge in [-0.1, -0.05) is 24.1 Å². The third kappa shape index (κ3) is 3.55. The van der Waals surface area contributed by atoms with Crippen molar-refractivity contribution in [3.63, 3.8) is 0 Å². The molecule has 1 aliphatic rings. The van der Waals surface area contributed by atoms with E-state index in [1.165, 1.54) is 0 Å². The lowest BCUT2D eigenvalue weighted by molar-refractivity contribution is 0.0901. The van der Waals surface area contributed by atoms with E-state index in [1.54, 1.807) is 26.0 Å². The zero-order valence-electron chi connectivity index (χ0n) is 12.9. The summed E-state index contributed by atoms with van der Waals surface area (Å²) in [7, 11) is 0. The van der Waals surface area contributed by atoms with E-state index in [4.69, 9.17) is 9.15 Å². The number of fused-ring (bicyclic) bond motifs is 1. The third-order valence-electron chi connectivity index (χ3n) is 3.33. The van der Waals surface area contributed by atoms with Gasteiger partial charge in [0.25, 0.3) is 5.91 Å². The number of aliphatic hydroxyl groups is 1. The van der Waals surface area contributed by atoms with Crippen molar-refractivity contribution in [3.8, 4) is 17.6 Å². The smallest absolute Gasteiger partial charge is 0.287 e. The van der Waals surface area contributed by atoms with Gasteiger partial charge in [-0.25, -0.2) is 0 Å². The van der Waals surface area contributed by atoms with E-state index < -0.39 is 5.60 Å². The summed E-state index contributed by atoms with van der Waals surface area (Å²) in [4.78, 5) is 12.3. The Bertz CT molecular complexity index is 789. The summed E-state index contributed by atoms with van der Waals surface area (Å²) in [6, 6.07) is 10.6.